The van der Waals surface area contributed by atoms with Crippen LogP contribution in [0.25, 0.3) is 0 Å². The summed E-state index contributed by atoms with van der Waals surface area (Å²) in [5.41, 5.74) is 1.41. The van der Waals surface area contributed by atoms with E-state index in [9.17, 15) is 21.6 Å². The first-order valence-electron chi connectivity index (χ1n) is 9.95. The van der Waals surface area contributed by atoms with Crippen molar-refractivity contribution >= 4 is 26.0 Å². The summed E-state index contributed by atoms with van der Waals surface area (Å²) in [6, 6.07) is 10.3. The zero-order valence-corrected chi connectivity index (χ0v) is 20.1. The summed E-state index contributed by atoms with van der Waals surface area (Å²) in [6.07, 6.45) is 0. The molecule has 2 aromatic rings. The van der Waals surface area contributed by atoms with Gasteiger partial charge in [0.1, 0.15) is 0 Å². The molecule has 0 saturated carbocycles. The van der Waals surface area contributed by atoms with Crippen LogP contribution in [-0.4, -0.2) is 49.0 Å². The zero-order chi connectivity index (χ0) is 23.9. The minimum atomic E-state index is -3.79. The van der Waals surface area contributed by atoms with Crippen LogP contribution in [0.4, 0.5) is 0 Å². The first kappa shape index (κ1) is 25.9. The molecule has 0 atom stereocenters. The van der Waals surface area contributed by atoms with E-state index in [1.807, 2.05) is 0 Å². The molecule has 0 unspecified atom stereocenters. The van der Waals surface area contributed by atoms with Gasteiger partial charge in [0.2, 0.25) is 20.0 Å². The molecule has 3 N–H and O–H groups in total. The van der Waals surface area contributed by atoms with Crippen LogP contribution in [0.2, 0.25) is 0 Å². The van der Waals surface area contributed by atoms with E-state index in [0.29, 0.717) is 11.1 Å². The Labute approximate surface area is 189 Å². The number of carbonyl (C=O) groups is 1. The largest absolute Gasteiger partial charge is 0.383 e. The highest BCUT2D eigenvalue weighted by atomic mass is 32.2. The molecule has 2 aromatic carbocycles. The highest BCUT2D eigenvalue weighted by Gasteiger charge is 2.19. The molecule has 0 radical (unpaired) electrons. The van der Waals surface area contributed by atoms with Gasteiger partial charge >= 0.3 is 0 Å². The molecule has 32 heavy (non-hydrogen) atoms. The van der Waals surface area contributed by atoms with E-state index in [4.69, 9.17) is 4.74 Å². The van der Waals surface area contributed by atoms with Crippen molar-refractivity contribution in [1.29, 1.82) is 0 Å². The van der Waals surface area contributed by atoms with Crippen LogP contribution in [0.3, 0.4) is 0 Å². The number of sulfonamides is 2. The second kappa shape index (κ2) is 11.0. The van der Waals surface area contributed by atoms with E-state index < -0.39 is 26.0 Å². The monoisotopic (exact) mass is 483 g/mol. The van der Waals surface area contributed by atoms with Gasteiger partial charge in [-0.1, -0.05) is 18.2 Å². The fourth-order valence-corrected chi connectivity index (χ4v) is 5.21. The zero-order valence-electron chi connectivity index (χ0n) is 18.5. The molecule has 0 aliphatic carbocycles. The van der Waals surface area contributed by atoms with Gasteiger partial charge in [-0.2, -0.15) is 0 Å². The summed E-state index contributed by atoms with van der Waals surface area (Å²) < 4.78 is 59.3. The molecule has 1 amide bonds. The van der Waals surface area contributed by atoms with Gasteiger partial charge in [-0.3, -0.25) is 4.79 Å². The molecule has 0 bridgehead atoms. The molecule has 176 valence electrons. The lowest BCUT2D eigenvalue weighted by Gasteiger charge is -2.12. The average Bonchev–Trinajstić information content (AvgIpc) is 2.71. The van der Waals surface area contributed by atoms with Gasteiger partial charge in [0.05, 0.1) is 16.4 Å². The number of carbonyl (C=O) groups excluding carboxylic acids is 1. The fourth-order valence-electron chi connectivity index (χ4n) is 2.85. The second-order valence-corrected chi connectivity index (χ2v) is 11.0. The van der Waals surface area contributed by atoms with Gasteiger partial charge < -0.3 is 10.1 Å². The number of amides is 1. The lowest BCUT2D eigenvalue weighted by molar-refractivity contribution is 0.0950. The van der Waals surface area contributed by atoms with Crippen LogP contribution in [0, 0.1) is 6.92 Å². The van der Waals surface area contributed by atoms with Gasteiger partial charge in [-0.15, -0.1) is 0 Å². The van der Waals surface area contributed by atoms with Gasteiger partial charge in [-0.25, -0.2) is 26.3 Å². The van der Waals surface area contributed by atoms with Crippen LogP contribution in [0.1, 0.15) is 35.3 Å². The van der Waals surface area contributed by atoms with Crippen LogP contribution >= 0.6 is 0 Å². The Morgan fingerprint density at radius 2 is 1.69 bits per heavy atom. The lowest BCUT2D eigenvalue weighted by atomic mass is 10.1. The van der Waals surface area contributed by atoms with Crippen molar-refractivity contribution in [2.24, 2.45) is 0 Å². The van der Waals surface area contributed by atoms with Crippen molar-refractivity contribution in [3.05, 3.63) is 59.2 Å². The van der Waals surface area contributed by atoms with Crippen molar-refractivity contribution in [2.75, 3.05) is 20.3 Å². The van der Waals surface area contributed by atoms with E-state index in [1.54, 1.807) is 39.0 Å². The van der Waals surface area contributed by atoms with Gasteiger partial charge in [0.15, 0.2) is 0 Å². The Hall–Kier alpha value is -2.31. The second-order valence-electron chi connectivity index (χ2n) is 7.47. The summed E-state index contributed by atoms with van der Waals surface area (Å²) in [7, 11) is -5.98. The lowest BCUT2D eigenvalue weighted by Crippen LogP contribution is -2.30. The number of benzene rings is 2. The molecule has 0 spiro atoms. The van der Waals surface area contributed by atoms with E-state index in [0.717, 1.165) is 0 Å². The SMILES string of the molecule is COCCNS(=O)(=O)c1ccc(C)c(C(=O)NCc2cccc(S(=O)(=O)NC(C)C)c2)c1. The normalized spacial score (nSPS) is 12.2. The van der Waals surface area contributed by atoms with Crippen LogP contribution in [0.15, 0.2) is 52.3 Å². The third kappa shape index (κ3) is 7.10. The maximum absolute atomic E-state index is 12.7. The molecule has 0 aliphatic heterocycles. The van der Waals surface area contributed by atoms with E-state index in [-0.39, 0.29) is 41.1 Å². The number of methoxy groups -OCH3 is 1. The van der Waals surface area contributed by atoms with E-state index in [1.165, 1.54) is 31.4 Å². The number of ether oxygens (including phenoxy) is 1. The fraction of sp³-hybridized carbons (Fsp3) is 0.381. The van der Waals surface area contributed by atoms with Gasteiger partial charge in [0, 0.05) is 31.8 Å². The molecule has 11 heteroatoms. The van der Waals surface area contributed by atoms with Crippen LogP contribution in [0.5, 0.6) is 0 Å². The first-order chi connectivity index (χ1) is 15.0. The summed E-state index contributed by atoms with van der Waals surface area (Å²) in [5, 5.41) is 2.72. The van der Waals surface area contributed by atoms with Crippen LogP contribution < -0.4 is 14.8 Å². The standard InChI is InChI=1S/C21H29N3O6S2/c1-15(2)24-32(28,29)18-7-5-6-17(12-18)14-22-21(25)20-13-19(9-8-16(20)3)31(26,27)23-10-11-30-4/h5-9,12-13,15,23-24H,10-11,14H2,1-4H3,(H,22,25). The van der Waals surface area contributed by atoms with Crippen molar-refractivity contribution in [1.82, 2.24) is 14.8 Å². The molecular weight excluding hydrogens is 454 g/mol. The highest BCUT2D eigenvalue weighted by molar-refractivity contribution is 7.89. The summed E-state index contributed by atoms with van der Waals surface area (Å²) >= 11 is 0. The van der Waals surface area contributed by atoms with E-state index >= 15 is 0 Å². The smallest absolute Gasteiger partial charge is 0.251 e. The van der Waals surface area contributed by atoms with E-state index in [2.05, 4.69) is 14.8 Å². The minimum absolute atomic E-state index is 0.0304. The number of nitrogens with one attached hydrogen (secondary N) is 3. The van der Waals surface area contributed by atoms with Crippen molar-refractivity contribution in [2.45, 2.75) is 43.1 Å². The highest BCUT2D eigenvalue weighted by Crippen LogP contribution is 2.17. The number of rotatable bonds is 11. The molecule has 0 aliphatic rings. The Bertz CT molecular complexity index is 1160. The molecule has 9 nitrogen and oxygen atoms in total. The Morgan fingerprint density at radius 3 is 2.34 bits per heavy atom. The third-order valence-electron chi connectivity index (χ3n) is 4.41. The van der Waals surface area contributed by atoms with Gasteiger partial charge in [-0.05, 0) is 56.2 Å². The quantitative estimate of drug-likeness (QED) is 0.416. The average molecular weight is 484 g/mol. The van der Waals surface area contributed by atoms with Crippen LogP contribution in [-0.2, 0) is 31.3 Å². The number of hydrogen-bond donors (Lipinski definition) is 3. The summed E-state index contributed by atoms with van der Waals surface area (Å²) in [4.78, 5) is 12.8. The van der Waals surface area contributed by atoms with Crippen molar-refractivity contribution < 1.29 is 26.4 Å². The minimum Gasteiger partial charge on any atom is -0.383 e. The molecular formula is C21H29N3O6S2. The number of aryl methyl sites for hydroxylation is 1. The van der Waals surface area contributed by atoms with Crippen molar-refractivity contribution in [3.8, 4) is 0 Å². The predicted octanol–water partition coefficient (Wildman–Crippen LogP) is 1.54. The maximum Gasteiger partial charge on any atom is 0.251 e. The first-order valence-corrected chi connectivity index (χ1v) is 12.9. The molecule has 0 aromatic heterocycles. The Balaban J connectivity index is 2.16. The number of hydrogen-bond acceptors (Lipinski definition) is 6. The molecule has 0 heterocycles. The Kier molecular flexibility index (Phi) is 8.93. The molecule has 0 fully saturated rings. The molecule has 2 rings (SSSR count). The Morgan fingerprint density at radius 1 is 1.00 bits per heavy atom. The molecule has 0 saturated heterocycles. The predicted molar refractivity (Wildman–Crippen MR) is 121 cm³/mol. The van der Waals surface area contributed by atoms with Crippen molar-refractivity contribution in [3.63, 3.8) is 0 Å². The maximum atomic E-state index is 12.7. The third-order valence-corrected chi connectivity index (χ3v) is 7.53. The topological polar surface area (TPSA) is 131 Å². The van der Waals surface area contributed by atoms with Gasteiger partial charge in [0.25, 0.3) is 5.91 Å². The summed E-state index contributed by atoms with van der Waals surface area (Å²) in [5.74, 6) is -0.468. The summed E-state index contributed by atoms with van der Waals surface area (Å²) in [6.45, 7) is 5.57.